The molecule has 4 heteroatoms. The van der Waals surface area contributed by atoms with Crippen LogP contribution in [0.5, 0.6) is 0 Å². The van der Waals surface area contributed by atoms with E-state index in [1.807, 2.05) is 6.08 Å². The number of amides is 1. The Hall–Kier alpha value is -2.17. The van der Waals surface area contributed by atoms with Crippen LogP contribution in [0, 0.1) is 0 Å². The van der Waals surface area contributed by atoms with Crippen LogP contribution in [-0.4, -0.2) is 34.9 Å². The molecule has 0 saturated heterocycles. The lowest BCUT2D eigenvalue weighted by atomic mass is 10.0. The predicted molar refractivity (Wildman–Crippen MR) is 271 cm³/mol. The Labute approximate surface area is 380 Å². The number of aliphatic hydroxyl groups is 2. The predicted octanol–water partition coefficient (Wildman–Crippen LogP) is 17.4. The highest BCUT2D eigenvalue weighted by Crippen LogP contribution is 2.17. The zero-order valence-corrected chi connectivity index (χ0v) is 40.7. The summed E-state index contributed by atoms with van der Waals surface area (Å²) in [7, 11) is 0. The molecule has 0 aliphatic carbocycles. The molecule has 0 rings (SSSR count). The highest BCUT2D eigenvalue weighted by molar-refractivity contribution is 5.76. The molecule has 1 amide bonds. The van der Waals surface area contributed by atoms with Crippen LogP contribution in [0.4, 0.5) is 0 Å². The Morgan fingerprint density at radius 2 is 0.738 bits per heavy atom. The molecule has 0 radical (unpaired) electrons. The highest BCUT2D eigenvalue weighted by Gasteiger charge is 2.17. The molecule has 0 bridgehead atoms. The summed E-state index contributed by atoms with van der Waals surface area (Å²) < 4.78 is 0. The van der Waals surface area contributed by atoms with Gasteiger partial charge < -0.3 is 15.5 Å². The first kappa shape index (κ1) is 58.8. The van der Waals surface area contributed by atoms with Gasteiger partial charge in [0.2, 0.25) is 5.91 Å². The molecule has 0 heterocycles. The maximum absolute atomic E-state index is 12.3. The molecule has 0 aliphatic rings. The molecule has 0 fully saturated rings. The molecule has 0 aromatic rings. The van der Waals surface area contributed by atoms with Gasteiger partial charge in [0.25, 0.3) is 0 Å². The summed E-state index contributed by atoms with van der Waals surface area (Å²) in [5.41, 5.74) is 0. The van der Waals surface area contributed by atoms with Gasteiger partial charge >= 0.3 is 0 Å². The van der Waals surface area contributed by atoms with Crippen molar-refractivity contribution in [3.05, 3.63) is 72.9 Å². The number of carbonyl (C=O) groups excluding carboxylic acids is 1. The van der Waals surface area contributed by atoms with Crippen LogP contribution in [0.25, 0.3) is 0 Å². The van der Waals surface area contributed by atoms with E-state index < -0.39 is 12.1 Å². The van der Waals surface area contributed by atoms with E-state index in [0.29, 0.717) is 6.42 Å². The van der Waals surface area contributed by atoms with Crippen LogP contribution in [0.3, 0.4) is 0 Å². The molecule has 61 heavy (non-hydrogen) atoms. The van der Waals surface area contributed by atoms with Crippen molar-refractivity contribution < 1.29 is 15.0 Å². The number of aliphatic hydroxyl groups excluding tert-OH is 2. The third kappa shape index (κ3) is 48.7. The number of unbranched alkanes of at least 4 members (excludes halogenated alkanes) is 31. The van der Waals surface area contributed by atoms with Crippen molar-refractivity contribution in [2.75, 3.05) is 6.61 Å². The molecule has 0 spiro atoms. The first-order chi connectivity index (χ1) is 30.2. The average Bonchev–Trinajstić information content (AvgIpc) is 3.26. The van der Waals surface area contributed by atoms with E-state index in [0.717, 1.165) is 57.8 Å². The van der Waals surface area contributed by atoms with Crippen LogP contribution < -0.4 is 5.32 Å². The second kappa shape index (κ2) is 52.2. The van der Waals surface area contributed by atoms with Crippen molar-refractivity contribution in [2.24, 2.45) is 0 Å². The normalized spacial score (nSPS) is 13.4. The molecule has 3 N–H and O–H groups in total. The molecule has 354 valence electrons. The van der Waals surface area contributed by atoms with Crippen LogP contribution >= 0.6 is 0 Å². The van der Waals surface area contributed by atoms with Crippen molar-refractivity contribution in [1.29, 1.82) is 0 Å². The van der Waals surface area contributed by atoms with Crippen molar-refractivity contribution >= 4 is 5.91 Å². The molecular weight excluding hydrogens is 747 g/mol. The zero-order chi connectivity index (χ0) is 44.2. The van der Waals surface area contributed by atoms with Gasteiger partial charge in [0.05, 0.1) is 18.8 Å². The van der Waals surface area contributed by atoms with E-state index in [4.69, 9.17) is 0 Å². The van der Waals surface area contributed by atoms with Crippen molar-refractivity contribution in [3.8, 4) is 0 Å². The smallest absolute Gasteiger partial charge is 0.220 e. The molecule has 2 unspecified atom stereocenters. The first-order valence-corrected chi connectivity index (χ1v) is 26.7. The lowest BCUT2D eigenvalue weighted by Crippen LogP contribution is -2.45. The lowest BCUT2D eigenvalue weighted by Gasteiger charge is -2.19. The summed E-state index contributed by atoms with van der Waals surface area (Å²) in [5, 5.41) is 22.8. The Bertz CT molecular complexity index is 1050. The van der Waals surface area contributed by atoms with Crippen molar-refractivity contribution in [2.45, 2.75) is 276 Å². The van der Waals surface area contributed by atoms with E-state index in [-0.39, 0.29) is 12.5 Å². The summed E-state index contributed by atoms with van der Waals surface area (Å²) in [4.78, 5) is 12.3. The fourth-order valence-corrected chi connectivity index (χ4v) is 7.88. The molecule has 0 aliphatic heterocycles. The molecule has 4 nitrogen and oxygen atoms in total. The largest absolute Gasteiger partial charge is 0.394 e. The SMILES string of the molecule is CC/C=C\C/C=C\C/C=C\C/C=C\CCCCCCCCCCCCCCCCCCCCCCCCCCCCCCC(=O)NC(CO)C(O)/C=C/CC/C=C/CCCC. The van der Waals surface area contributed by atoms with Gasteiger partial charge in [-0.15, -0.1) is 0 Å². The summed E-state index contributed by atoms with van der Waals surface area (Å²) in [6.07, 6.45) is 75.3. The van der Waals surface area contributed by atoms with E-state index in [2.05, 4.69) is 79.9 Å². The number of rotatable bonds is 48. The summed E-state index contributed by atoms with van der Waals surface area (Å²) in [6, 6.07) is -0.636. The van der Waals surface area contributed by atoms with Crippen LogP contribution in [0.1, 0.15) is 264 Å². The van der Waals surface area contributed by atoms with Crippen LogP contribution in [0.2, 0.25) is 0 Å². The van der Waals surface area contributed by atoms with Gasteiger partial charge in [-0.05, 0) is 64.2 Å². The molecule has 0 aromatic heterocycles. The monoisotopic (exact) mass is 850 g/mol. The van der Waals surface area contributed by atoms with Gasteiger partial charge in [-0.25, -0.2) is 0 Å². The Balaban J connectivity index is 3.35. The van der Waals surface area contributed by atoms with Crippen molar-refractivity contribution in [1.82, 2.24) is 5.32 Å². The second-order valence-corrected chi connectivity index (χ2v) is 17.9. The standard InChI is InChI=1S/C57H103NO3/c1-3-5-7-9-11-13-14-15-16-17-18-19-20-21-22-23-24-25-26-27-28-29-30-31-32-33-34-35-36-37-38-39-40-41-42-43-44-45-47-49-51-53-57(61)58-55(54-59)56(60)52-50-48-46-12-10-8-6-4-2/h5,7,10-13,15-16,18-19,50,52,55-56,59-60H,3-4,6,8-9,14,17,20-49,51,53-54H2,1-2H3,(H,58,61)/b7-5-,12-10+,13-11-,16-15-,19-18-,52-50+. The quantitative estimate of drug-likeness (QED) is 0.0422. The third-order valence-electron chi connectivity index (χ3n) is 11.9. The van der Waals surface area contributed by atoms with Crippen molar-refractivity contribution in [3.63, 3.8) is 0 Å². The number of carbonyl (C=O) groups is 1. The second-order valence-electron chi connectivity index (χ2n) is 17.9. The Morgan fingerprint density at radius 1 is 0.410 bits per heavy atom. The van der Waals surface area contributed by atoms with Gasteiger partial charge in [-0.3, -0.25) is 4.79 Å². The van der Waals surface area contributed by atoms with Crippen LogP contribution in [-0.2, 0) is 4.79 Å². The number of hydrogen-bond donors (Lipinski definition) is 3. The maximum Gasteiger partial charge on any atom is 0.220 e. The van der Waals surface area contributed by atoms with Gasteiger partial charge in [-0.1, -0.05) is 267 Å². The minimum Gasteiger partial charge on any atom is -0.394 e. The lowest BCUT2D eigenvalue weighted by molar-refractivity contribution is -0.123. The molecule has 2 atom stereocenters. The van der Waals surface area contributed by atoms with E-state index >= 15 is 0 Å². The first-order valence-electron chi connectivity index (χ1n) is 26.7. The number of allylic oxidation sites excluding steroid dienone is 11. The van der Waals surface area contributed by atoms with Gasteiger partial charge in [0, 0.05) is 6.42 Å². The molecular formula is C57H103NO3. The van der Waals surface area contributed by atoms with Gasteiger partial charge in [0.15, 0.2) is 0 Å². The zero-order valence-electron chi connectivity index (χ0n) is 40.7. The highest BCUT2D eigenvalue weighted by atomic mass is 16.3. The molecule has 0 saturated carbocycles. The van der Waals surface area contributed by atoms with E-state index in [1.165, 1.54) is 186 Å². The maximum atomic E-state index is 12.3. The fraction of sp³-hybridized carbons (Fsp3) is 0.772. The van der Waals surface area contributed by atoms with E-state index in [9.17, 15) is 15.0 Å². The fourth-order valence-electron chi connectivity index (χ4n) is 7.88. The average molecular weight is 850 g/mol. The molecule has 0 aromatic carbocycles. The Kier molecular flexibility index (Phi) is 50.3. The minimum atomic E-state index is -0.859. The summed E-state index contributed by atoms with van der Waals surface area (Å²) >= 11 is 0. The summed E-state index contributed by atoms with van der Waals surface area (Å²) in [6.45, 7) is 4.11. The van der Waals surface area contributed by atoms with Gasteiger partial charge in [-0.2, -0.15) is 0 Å². The van der Waals surface area contributed by atoms with Gasteiger partial charge in [0.1, 0.15) is 0 Å². The number of hydrogen-bond acceptors (Lipinski definition) is 3. The number of nitrogens with one attached hydrogen (secondary N) is 1. The Morgan fingerprint density at radius 3 is 1.15 bits per heavy atom. The van der Waals surface area contributed by atoms with E-state index in [1.54, 1.807) is 6.08 Å². The summed E-state index contributed by atoms with van der Waals surface area (Å²) in [5.74, 6) is -0.0751. The van der Waals surface area contributed by atoms with Crippen LogP contribution in [0.15, 0.2) is 72.9 Å². The topological polar surface area (TPSA) is 69.6 Å². The minimum absolute atomic E-state index is 0.0751. The third-order valence-corrected chi connectivity index (χ3v) is 11.9.